The first-order valence-electron chi connectivity index (χ1n) is 5.77. The van der Waals surface area contributed by atoms with Crippen molar-refractivity contribution in [3.8, 4) is 5.69 Å². The Morgan fingerprint density at radius 2 is 2.00 bits per heavy atom. The van der Waals surface area contributed by atoms with Gasteiger partial charge in [-0.3, -0.25) is 9.59 Å². The molecular formula is C13H13N3O3. The molecule has 0 unspecified atom stereocenters. The summed E-state index contributed by atoms with van der Waals surface area (Å²) in [5.74, 6) is -1.32. The molecule has 6 heteroatoms. The van der Waals surface area contributed by atoms with Crippen LogP contribution in [0.1, 0.15) is 12.8 Å². The largest absolute Gasteiger partial charge is 0.481 e. The number of hydrogen-bond donors (Lipinski definition) is 2. The van der Waals surface area contributed by atoms with E-state index >= 15 is 0 Å². The zero-order valence-electron chi connectivity index (χ0n) is 10.1. The fraction of sp³-hybridized carbons (Fsp3) is 0.154. The van der Waals surface area contributed by atoms with E-state index in [2.05, 4.69) is 10.4 Å². The number of carboxylic acids is 1. The van der Waals surface area contributed by atoms with Crippen molar-refractivity contribution in [1.29, 1.82) is 0 Å². The zero-order valence-corrected chi connectivity index (χ0v) is 10.1. The second-order valence-corrected chi connectivity index (χ2v) is 3.91. The number of carbonyl (C=O) groups excluding carboxylic acids is 1. The number of hydrogen-bond acceptors (Lipinski definition) is 3. The van der Waals surface area contributed by atoms with Crippen molar-refractivity contribution in [2.45, 2.75) is 12.8 Å². The maximum absolute atomic E-state index is 11.6. The Hall–Kier alpha value is -2.63. The van der Waals surface area contributed by atoms with E-state index in [1.54, 1.807) is 35.3 Å². The highest BCUT2D eigenvalue weighted by Crippen LogP contribution is 2.19. The Morgan fingerprint density at radius 1 is 1.21 bits per heavy atom. The van der Waals surface area contributed by atoms with Crippen LogP contribution in [0.3, 0.4) is 0 Å². The van der Waals surface area contributed by atoms with Gasteiger partial charge >= 0.3 is 5.97 Å². The van der Waals surface area contributed by atoms with E-state index in [-0.39, 0.29) is 18.7 Å². The van der Waals surface area contributed by atoms with Gasteiger partial charge in [0.2, 0.25) is 5.91 Å². The number of benzene rings is 1. The van der Waals surface area contributed by atoms with Crippen LogP contribution in [0, 0.1) is 0 Å². The van der Waals surface area contributed by atoms with Gasteiger partial charge in [0.1, 0.15) is 0 Å². The van der Waals surface area contributed by atoms with Gasteiger partial charge in [0.05, 0.1) is 17.8 Å². The summed E-state index contributed by atoms with van der Waals surface area (Å²) in [6.07, 6.45) is 3.17. The third-order valence-corrected chi connectivity index (χ3v) is 2.50. The number of aromatic nitrogens is 2. The zero-order chi connectivity index (χ0) is 13.7. The number of rotatable bonds is 5. The second-order valence-electron chi connectivity index (χ2n) is 3.91. The molecule has 0 spiro atoms. The molecule has 1 amide bonds. The van der Waals surface area contributed by atoms with Crippen LogP contribution in [-0.2, 0) is 9.59 Å². The smallest absolute Gasteiger partial charge is 0.303 e. The molecule has 1 heterocycles. The van der Waals surface area contributed by atoms with Gasteiger partial charge in [-0.15, -0.1) is 0 Å². The van der Waals surface area contributed by atoms with Crippen molar-refractivity contribution in [2.24, 2.45) is 0 Å². The molecule has 0 atom stereocenters. The molecule has 0 aliphatic heterocycles. The second kappa shape index (κ2) is 5.81. The summed E-state index contributed by atoms with van der Waals surface area (Å²) in [5.41, 5.74) is 1.33. The van der Waals surface area contributed by atoms with Crippen LogP contribution in [-0.4, -0.2) is 26.8 Å². The summed E-state index contributed by atoms with van der Waals surface area (Å²) in [7, 11) is 0. The molecule has 98 valence electrons. The van der Waals surface area contributed by atoms with Crippen LogP contribution in [0.25, 0.3) is 5.69 Å². The van der Waals surface area contributed by atoms with Gasteiger partial charge in [-0.25, -0.2) is 4.68 Å². The molecule has 2 N–H and O–H groups in total. The Labute approximate surface area is 109 Å². The minimum Gasteiger partial charge on any atom is -0.481 e. The average molecular weight is 259 g/mol. The Kier molecular flexibility index (Phi) is 3.92. The molecule has 1 aromatic carbocycles. The van der Waals surface area contributed by atoms with E-state index in [9.17, 15) is 9.59 Å². The molecule has 19 heavy (non-hydrogen) atoms. The predicted molar refractivity (Wildman–Crippen MR) is 69.1 cm³/mol. The fourth-order valence-electron chi connectivity index (χ4n) is 1.62. The average Bonchev–Trinajstić information content (AvgIpc) is 2.91. The first kappa shape index (κ1) is 12.8. The summed E-state index contributed by atoms with van der Waals surface area (Å²) < 4.78 is 1.63. The number of anilines is 1. The first-order valence-corrected chi connectivity index (χ1v) is 5.77. The topological polar surface area (TPSA) is 84.2 Å². The summed E-state index contributed by atoms with van der Waals surface area (Å²) in [6, 6.07) is 8.97. The normalized spacial score (nSPS) is 10.1. The standard InChI is InChI=1S/C13H13N3O3/c17-12(6-7-13(18)19)15-10-4-1-2-5-11(10)16-9-3-8-14-16/h1-5,8-9H,6-7H2,(H,15,17)(H,18,19). The van der Waals surface area contributed by atoms with Crippen LogP contribution in [0.15, 0.2) is 42.7 Å². The van der Waals surface area contributed by atoms with Gasteiger partial charge in [-0.1, -0.05) is 12.1 Å². The van der Waals surface area contributed by atoms with Crippen molar-refractivity contribution in [3.63, 3.8) is 0 Å². The number of nitrogens with zero attached hydrogens (tertiary/aromatic N) is 2. The molecule has 0 aliphatic rings. The van der Waals surface area contributed by atoms with E-state index < -0.39 is 5.97 Å². The SMILES string of the molecule is O=C(O)CCC(=O)Nc1ccccc1-n1cccn1. The van der Waals surface area contributed by atoms with Crippen molar-refractivity contribution in [3.05, 3.63) is 42.7 Å². The molecule has 1 aromatic heterocycles. The molecule has 2 aromatic rings. The Balaban J connectivity index is 2.12. The van der Waals surface area contributed by atoms with Gasteiger partial charge in [0, 0.05) is 18.8 Å². The summed E-state index contributed by atoms with van der Waals surface area (Å²) in [6.45, 7) is 0. The number of amides is 1. The quantitative estimate of drug-likeness (QED) is 0.855. The number of para-hydroxylation sites is 2. The van der Waals surface area contributed by atoms with Crippen molar-refractivity contribution in [1.82, 2.24) is 9.78 Å². The number of nitrogens with one attached hydrogen (secondary N) is 1. The molecular weight excluding hydrogens is 246 g/mol. The summed E-state index contributed by atoms with van der Waals surface area (Å²) >= 11 is 0. The number of aliphatic carboxylic acids is 1. The molecule has 0 saturated heterocycles. The molecule has 0 aliphatic carbocycles. The maximum atomic E-state index is 11.6. The Bertz CT molecular complexity index is 579. The van der Waals surface area contributed by atoms with Gasteiger partial charge < -0.3 is 10.4 Å². The third kappa shape index (κ3) is 3.41. The minimum absolute atomic E-state index is 0.0528. The summed E-state index contributed by atoms with van der Waals surface area (Å²) in [4.78, 5) is 22.1. The van der Waals surface area contributed by atoms with Crippen LogP contribution in [0.2, 0.25) is 0 Å². The lowest BCUT2D eigenvalue weighted by Gasteiger charge is -2.10. The highest BCUT2D eigenvalue weighted by molar-refractivity contribution is 5.94. The molecule has 0 fully saturated rings. The van der Waals surface area contributed by atoms with E-state index in [0.717, 1.165) is 5.69 Å². The van der Waals surface area contributed by atoms with Gasteiger partial charge in [0.25, 0.3) is 0 Å². The highest BCUT2D eigenvalue weighted by Gasteiger charge is 2.09. The van der Waals surface area contributed by atoms with Gasteiger partial charge in [-0.2, -0.15) is 5.10 Å². The van der Waals surface area contributed by atoms with Crippen LogP contribution >= 0.6 is 0 Å². The van der Waals surface area contributed by atoms with Crippen LogP contribution in [0.5, 0.6) is 0 Å². The minimum atomic E-state index is -0.990. The van der Waals surface area contributed by atoms with Crippen molar-refractivity contribution >= 4 is 17.6 Å². The van der Waals surface area contributed by atoms with Crippen molar-refractivity contribution in [2.75, 3.05) is 5.32 Å². The number of carbonyl (C=O) groups is 2. The lowest BCUT2D eigenvalue weighted by atomic mass is 10.2. The van der Waals surface area contributed by atoms with Crippen LogP contribution in [0.4, 0.5) is 5.69 Å². The van der Waals surface area contributed by atoms with E-state index in [0.29, 0.717) is 5.69 Å². The molecule has 0 radical (unpaired) electrons. The van der Waals surface area contributed by atoms with Crippen LogP contribution < -0.4 is 5.32 Å². The van der Waals surface area contributed by atoms with Gasteiger partial charge in [-0.05, 0) is 18.2 Å². The molecule has 0 saturated carbocycles. The third-order valence-electron chi connectivity index (χ3n) is 2.50. The number of carboxylic acid groups (broad SMARTS) is 1. The predicted octanol–water partition coefficient (Wildman–Crippen LogP) is 1.68. The monoisotopic (exact) mass is 259 g/mol. The van der Waals surface area contributed by atoms with E-state index in [1.165, 1.54) is 0 Å². The fourth-order valence-corrected chi connectivity index (χ4v) is 1.62. The lowest BCUT2D eigenvalue weighted by Crippen LogP contribution is -2.14. The van der Waals surface area contributed by atoms with Crippen molar-refractivity contribution < 1.29 is 14.7 Å². The molecule has 0 bridgehead atoms. The van der Waals surface area contributed by atoms with E-state index in [1.807, 2.05) is 12.1 Å². The lowest BCUT2D eigenvalue weighted by molar-refractivity contribution is -0.138. The first-order chi connectivity index (χ1) is 9.16. The highest BCUT2D eigenvalue weighted by atomic mass is 16.4. The maximum Gasteiger partial charge on any atom is 0.303 e. The molecule has 2 rings (SSSR count). The van der Waals surface area contributed by atoms with Gasteiger partial charge in [0.15, 0.2) is 0 Å². The summed E-state index contributed by atoms with van der Waals surface area (Å²) in [5, 5.41) is 15.3. The Morgan fingerprint density at radius 3 is 2.68 bits per heavy atom. The molecule has 6 nitrogen and oxygen atoms in total. The van der Waals surface area contributed by atoms with E-state index in [4.69, 9.17) is 5.11 Å².